The maximum absolute atomic E-state index is 14.5. The number of hydrogen-bond donors (Lipinski definition) is 0. The van der Waals surface area contributed by atoms with Gasteiger partial charge in [-0.3, -0.25) is 4.40 Å². The largest absolute Gasteiger partial charge is 0.381 e. The van der Waals surface area contributed by atoms with Crippen LogP contribution in [-0.2, 0) is 10.2 Å². The molecule has 1 saturated heterocycles. The fraction of sp³-hybridized carbons (Fsp3) is 0.217. The molecule has 0 spiro atoms. The Morgan fingerprint density at radius 3 is 2.73 bits per heavy atom. The minimum Gasteiger partial charge on any atom is -0.381 e. The lowest BCUT2D eigenvalue weighted by atomic mass is 9.75. The molecule has 1 aliphatic heterocycles. The number of aromatic nitrogens is 2. The van der Waals surface area contributed by atoms with Crippen molar-refractivity contribution in [3.05, 3.63) is 70.7 Å². The third kappa shape index (κ3) is 3.39. The summed E-state index contributed by atoms with van der Waals surface area (Å²) in [4.78, 5) is 6.17. The second kappa shape index (κ2) is 7.69. The number of imidazole rings is 1. The lowest BCUT2D eigenvalue weighted by Crippen LogP contribution is -2.32. The first-order valence-electron chi connectivity index (χ1n) is 9.62. The molecule has 0 atom stereocenters. The van der Waals surface area contributed by atoms with Crippen molar-refractivity contribution < 1.29 is 9.13 Å². The molecular formula is C23H17BrFN3OS. The molecule has 4 aromatic rings. The predicted molar refractivity (Wildman–Crippen MR) is 118 cm³/mol. The first-order valence-corrected chi connectivity index (χ1v) is 11.2. The van der Waals surface area contributed by atoms with E-state index in [-0.39, 0.29) is 5.82 Å². The molecule has 0 aliphatic carbocycles. The van der Waals surface area contributed by atoms with E-state index in [1.54, 1.807) is 6.20 Å². The van der Waals surface area contributed by atoms with Crippen LogP contribution in [0.1, 0.15) is 18.4 Å². The standard InChI is InChI=1S/C23H17BrFN3OS/c24-21-13-27-22-4-1-15-9-18(2-3-20(15)28(21)22)30-19-11-16(10-17(25)12-19)23(14-26)5-7-29-8-6-23/h1-4,9-13H,5-8H2. The Bertz CT molecular complexity index is 1310. The molecule has 0 saturated carbocycles. The molecule has 0 N–H and O–H groups in total. The van der Waals surface area contributed by atoms with Crippen LogP contribution in [0.15, 0.2) is 69.1 Å². The van der Waals surface area contributed by atoms with Crippen molar-refractivity contribution in [3.8, 4) is 6.07 Å². The van der Waals surface area contributed by atoms with Gasteiger partial charge in [0.25, 0.3) is 0 Å². The van der Waals surface area contributed by atoms with Crippen molar-refractivity contribution in [2.45, 2.75) is 28.0 Å². The number of benzene rings is 2. The Morgan fingerprint density at radius 1 is 1.10 bits per heavy atom. The fourth-order valence-corrected chi connectivity index (χ4v) is 5.44. The molecule has 30 heavy (non-hydrogen) atoms. The Kier molecular flexibility index (Phi) is 5.02. The zero-order valence-corrected chi connectivity index (χ0v) is 18.3. The number of ether oxygens (including phenoxy) is 1. The maximum Gasteiger partial charge on any atom is 0.138 e. The number of rotatable bonds is 3. The highest BCUT2D eigenvalue weighted by Crippen LogP contribution is 2.38. The van der Waals surface area contributed by atoms with Crippen LogP contribution in [0.2, 0.25) is 0 Å². The summed E-state index contributed by atoms with van der Waals surface area (Å²) in [6.07, 6.45) is 2.96. The summed E-state index contributed by atoms with van der Waals surface area (Å²) in [5, 5.41) is 10.9. The van der Waals surface area contributed by atoms with Gasteiger partial charge in [-0.25, -0.2) is 9.37 Å². The second-order valence-corrected chi connectivity index (χ2v) is 9.37. The number of nitriles is 1. The van der Waals surface area contributed by atoms with E-state index in [0.29, 0.717) is 26.1 Å². The van der Waals surface area contributed by atoms with Gasteiger partial charge in [0.1, 0.15) is 16.1 Å². The smallest absolute Gasteiger partial charge is 0.138 e. The molecule has 0 radical (unpaired) electrons. The van der Waals surface area contributed by atoms with Crippen molar-refractivity contribution >= 4 is 44.2 Å². The molecule has 2 aromatic carbocycles. The summed E-state index contributed by atoms with van der Waals surface area (Å²) in [5.74, 6) is -0.319. The maximum atomic E-state index is 14.5. The summed E-state index contributed by atoms with van der Waals surface area (Å²) < 4.78 is 22.8. The number of hydrogen-bond acceptors (Lipinski definition) is 4. The molecule has 4 nitrogen and oxygen atoms in total. The van der Waals surface area contributed by atoms with Gasteiger partial charge in [0.2, 0.25) is 0 Å². The third-order valence-corrected chi connectivity index (χ3v) is 7.14. The second-order valence-electron chi connectivity index (χ2n) is 7.41. The van der Waals surface area contributed by atoms with Crippen LogP contribution in [0.5, 0.6) is 0 Å². The highest BCUT2D eigenvalue weighted by molar-refractivity contribution is 9.10. The van der Waals surface area contributed by atoms with Gasteiger partial charge < -0.3 is 4.74 Å². The van der Waals surface area contributed by atoms with E-state index in [1.807, 2.05) is 34.7 Å². The quantitative estimate of drug-likeness (QED) is 0.354. The molecule has 0 bridgehead atoms. The van der Waals surface area contributed by atoms with Crippen molar-refractivity contribution in [1.82, 2.24) is 9.38 Å². The van der Waals surface area contributed by atoms with Crippen LogP contribution < -0.4 is 0 Å². The number of nitrogens with zero attached hydrogens (tertiary/aromatic N) is 3. The lowest BCUT2D eigenvalue weighted by Gasteiger charge is -2.31. The average Bonchev–Trinajstić information content (AvgIpc) is 3.15. The van der Waals surface area contributed by atoms with E-state index in [1.165, 1.54) is 23.9 Å². The van der Waals surface area contributed by atoms with Gasteiger partial charge in [-0.05, 0) is 88.3 Å². The topological polar surface area (TPSA) is 50.3 Å². The van der Waals surface area contributed by atoms with Crippen LogP contribution in [0.25, 0.3) is 16.6 Å². The highest BCUT2D eigenvalue weighted by atomic mass is 79.9. The highest BCUT2D eigenvalue weighted by Gasteiger charge is 2.35. The summed E-state index contributed by atoms with van der Waals surface area (Å²) in [5.41, 5.74) is 1.98. The Labute approximate surface area is 185 Å². The van der Waals surface area contributed by atoms with Gasteiger partial charge in [0.05, 0.1) is 23.2 Å². The van der Waals surface area contributed by atoms with Crippen molar-refractivity contribution in [2.24, 2.45) is 0 Å². The van der Waals surface area contributed by atoms with Gasteiger partial charge in [-0.1, -0.05) is 11.8 Å². The van der Waals surface area contributed by atoms with Crippen molar-refractivity contribution in [2.75, 3.05) is 13.2 Å². The van der Waals surface area contributed by atoms with E-state index in [4.69, 9.17) is 4.74 Å². The first kappa shape index (κ1) is 19.6. The minimum atomic E-state index is -0.682. The van der Waals surface area contributed by atoms with E-state index >= 15 is 0 Å². The van der Waals surface area contributed by atoms with Gasteiger partial charge in [-0.2, -0.15) is 5.26 Å². The van der Waals surface area contributed by atoms with Gasteiger partial charge in [-0.15, -0.1) is 0 Å². The molecule has 1 fully saturated rings. The van der Waals surface area contributed by atoms with E-state index in [9.17, 15) is 9.65 Å². The Morgan fingerprint density at radius 2 is 1.93 bits per heavy atom. The third-order valence-electron chi connectivity index (χ3n) is 5.62. The summed E-state index contributed by atoms with van der Waals surface area (Å²) >= 11 is 5.04. The Hall–Kier alpha value is -2.40. The molecule has 3 heterocycles. The zero-order valence-electron chi connectivity index (χ0n) is 15.9. The van der Waals surface area contributed by atoms with Gasteiger partial charge in [0.15, 0.2) is 0 Å². The normalized spacial score (nSPS) is 16.0. The average molecular weight is 482 g/mol. The van der Waals surface area contributed by atoms with Gasteiger partial charge >= 0.3 is 0 Å². The van der Waals surface area contributed by atoms with Crippen molar-refractivity contribution in [3.63, 3.8) is 0 Å². The summed E-state index contributed by atoms with van der Waals surface area (Å²) in [6, 6.07) is 17.6. The Balaban J connectivity index is 1.52. The van der Waals surface area contributed by atoms with E-state index in [0.717, 1.165) is 36.5 Å². The molecule has 0 amide bonds. The lowest BCUT2D eigenvalue weighted by molar-refractivity contribution is 0.0674. The number of halogens is 2. The summed E-state index contributed by atoms with van der Waals surface area (Å²) in [7, 11) is 0. The van der Waals surface area contributed by atoms with Crippen LogP contribution in [0, 0.1) is 17.1 Å². The zero-order chi connectivity index (χ0) is 20.7. The predicted octanol–water partition coefficient (Wildman–Crippen LogP) is 6.11. The summed E-state index contributed by atoms with van der Waals surface area (Å²) in [6.45, 7) is 1.05. The van der Waals surface area contributed by atoms with E-state index in [2.05, 4.69) is 33.0 Å². The molecule has 0 unspecified atom stereocenters. The molecule has 2 aromatic heterocycles. The monoisotopic (exact) mass is 481 g/mol. The molecule has 150 valence electrons. The van der Waals surface area contributed by atoms with Crippen LogP contribution >= 0.6 is 27.7 Å². The van der Waals surface area contributed by atoms with Crippen molar-refractivity contribution in [1.29, 1.82) is 5.26 Å². The van der Waals surface area contributed by atoms with E-state index < -0.39 is 5.41 Å². The van der Waals surface area contributed by atoms with Gasteiger partial charge in [0, 0.05) is 23.0 Å². The minimum absolute atomic E-state index is 0.319. The molecule has 1 aliphatic rings. The first-order chi connectivity index (χ1) is 14.6. The number of pyridine rings is 1. The molecule has 5 rings (SSSR count). The van der Waals surface area contributed by atoms with Crippen LogP contribution in [-0.4, -0.2) is 22.6 Å². The fourth-order valence-electron chi connectivity index (χ4n) is 4.02. The van der Waals surface area contributed by atoms with Crippen LogP contribution in [0.4, 0.5) is 4.39 Å². The number of fused-ring (bicyclic) bond motifs is 3. The molecule has 7 heteroatoms. The SMILES string of the molecule is N#CC1(c2cc(F)cc(Sc3ccc4c(ccc5ncc(Br)n54)c3)c2)CCOCC1. The van der Waals surface area contributed by atoms with Crippen LogP contribution in [0.3, 0.4) is 0 Å². The molecular weight excluding hydrogens is 465 g/mol.